The maximum absolute atomic E-state index is 13.2. The van der Waals surface area contributed by atoms with E-state index in [-0.39, 0.29) is 11.1 Å². The molecule has 1 aromatic rings. The highest BCUT2D eigenvalue weighted by molar-refractivity contribution is 6.30. The van der Waals surface area contributed by atoms with Gasteiger partial charge >= 0.3 is 0 Å². The van der Waals surface area contributed by atoms with Crippen molar-refractivity contribution in [3.8, 4) is 5.75 Å². The SMILES string of the molecule is CCCC(CNCC)Oc1ccc(Cl)c(F)c1. The van der Waals surface area contributed by atoms with Crippen LogP contribution < -0.4 is 10.1 Å². The number of ether oxygens (including phenoxy) is 1. The van der Waals surface area contributed by atoms with E-state index in [2.05, 4.69) is 12.2 Å². The molecule has 0 aliphatic heterocycles. The Morgan fingerprint density at radius 1 is 1.41 bits per heavy atom. The summed E-state index contributed by atoms with van der Waals surface area (Å²) in [5.41, 5.74) is 0. The van der Waals surface area contributed by atoms with Gasteiger partial charge in [0.2, 0.25) is 0 Å². The van der Waals surface area contributed by atoms with Crippen molar-refractivity contribution in [2.45, 2.75) is 32.8 Å². The summed E-state index contributed by atoms with van der Waals surface area (Å²) in [5, 5.41) is 3.36. The minimum Gasteiger partial charge on any atom is -0.489 e. The molecule has 0 saturated heterocycles. The number of rotatable bonds is 7. The number of hydrogen-bond acceptors (Lipinski definition) is 2. The molecule has 0 amide bonds. The third-order valence-electron chi connectivity index (χ3n) is 2.43. The first kappa shape index (κ1) is 14.3. The number of hydrogen-bond donors (Lipinski definition) is 1. The summed E-state index contributed by atoms with van der Waals surface area (Å²) in [6.07, 6.45) is 2.05. The lowest BCUT2D eigenvalue weighted by Gasteiger charge is -2.19. The smallest absolute Gasteiger partial charge is 0.145 e. The first-order valence-corrected chi connectivity index (χ1v) is 6.37. The van der Waals surface area contributed by atoms with Gasteiger partial charge in [0.15, 0.2) is 0 Å². The van der Waals surface area contributed by atoms with E-state index in [0.717, 1.165) is 25.9 Å². The maximum Gasteiger partial charge on any atom is 0.145 e. The van der Waals surface area contributed by atoms with Crippen LogP contribution in [-0.2, 0) is 0 Å². The molecular formula is C13H19ClFNO. The van der Waals surface area contributed by atoms with E-state index < -0.39 is 5.82 Å². The van der Waals surface area contributed by atoms with Gasteiger partial charge in [-0.05, 0) is 25.1 Å². The second-order valence-corrected chi connectivity index (χ2v) is 4.32. The highest BCUT2D eigenvalue weighted by atomic mass is 35.5. The number of nitrogens with one attached hydrogen (secondary N) is 1. The zero-order valence-corrected chi connectivity index (χ0v) is 11.1. The Balaban J connectivity index is 2.61. The van der Waals surface area contributed by atoms with Gasteiger partial charge in [-0.25, -0.2) is 4.39 Å². The highest BCUT2D eigenvalue weighted by Gasteiger charge is 2.10. The van der Waals surface area contributed by atoms with Crippen LogP contribution in [0.25, 0.3) is 0 Å². The van der Waals surface area contributed by atoms with Crippen LogP contribution >= 0.6 is 11.6 Å². The van der Waals surface area contributed by atoms with E-state index in [0.29, 0.717) is 5.75 Å². The second kappa shape index (κ2) is 7.51. The lowest BCUT2D eigenvalue weighted by Crippen LogP contribution is -2.31. The van der Waals surface area contributed by atoms with Gasteiger partial charge in [0.05, 0.1) is 5.02 Å². The highest BCUT2D eigenvalue weighted by Crippen LogP contribution is 2.21. The zero-order chi connectivity index (χ0) is 12.7. The molecule has 96 valence electrons. The van der Waals surface area contributed by atoms with E-state index >= 15 is 0 Å². The van der Waals surface area contributed by atoms with Gasteiger partial charge in [-0.3, -0.25) is 0 Å². The van der Waals surface area contributed by atoms with Crippen LogP contribution in [0, 0.1) is 5.82 Å². The van der Waals surface area contributed by atoms with E-state index in [1.807, 2.05) is 6.92 Å². The summed E-state index contributed by atoms with van der Waals surface area (Å²) < 4.78 is 19.0. The predicted octanol–water partition coefficient (Wildman–Crippen LogP) is 3.64. The Bertz CT molecular complexity index is 346. The van der Waals surface area contributed by atoms with Crippen LogP contribution in [0.3, 0.4) is 0 Å². The molecule has 0 heterocycles. The molecule has 1 atom stereocenters. The van der Waals surface area contributed by atoms with Crippen LogP contribution in [0.15, 0.2) is 18.2 Å². The third kappa shape index (κ3) is 4.92. The van der Waals surface area contributed by atoms with Gasteiger partial charge in [0.1, 0.15) is 17.7 Å². The maximum atomic E-state index is 13.2. The van der Waals surface area contributed by atoms with Crippen LogP contribution in [0.4, 0.5) is 4.39 Å². The number of halogens is 2. The molecule has 1 aromatic carbocycles. The van der Waals surface area contributed by atoms with Gasteiger partial charge in [0, 0.05) is 12.6 Å². The summed E-state index contributed by atoms with van der Waals surface area (Å²) >= 11 is 5.62. The molecule has 1 unspecified atom stereocenters. The van der Waals surface area contributed by atoms with E-state index in [1.165, 1.54) is 12.1 Å². The molecule has 0 fully saturated rings. The summed E-state index contributed by atoms with van der Waals surface area (Å²) in [5.74, 6) is 0.0890. The van der Waals surface area contributed by atoms with Crippen molar-refractivity contribution in [1.82, 2.24) is 5.32 Å². The largest absolute Gasteiger partial charge is 0.489 e. The molecule has 0 aliphatic rings. The molecular weight excluding hydrogens is 241 g/mol. The fraction of sp³-hybridized carbons (Fsp3) is 0.538. The third-order valence-corrected chi connectivity index (χ3v) is 2.73. The summed E-state index contributed by atoms with van der Waals surface area (Å²) in [6, 6.07) is 4.54. The standard InChI is InChI=1S/C13H19ClFNO/c1-3-5-11(9-16-4-2)17-10-6-7-12(14)13(15)8-10/h6-8,11,16H,3-5,9H2,1-2H3. The molecule has 17 heavy (non-hydrogen) atoms. The Labute approximate surface area is 107 Å². The first-order chi connectivity index (χ1) is 8.17. The fourth-order valence-electron chi connectivity index (χ4n) is 1.57. The van der Waals surface area contributed by atoms with E-state index in [1.54, 1.807) is 6.07 Å². The average molecular weight is 260 g/mol. The molecule has 0 saturated carbocycles. The minimum absolute atomic E-state index is 0.0699. The van der Waals surface area contributed by atoms with Crippen molar-refractivity contribution >= 4 is 11.6 Å². The van der Waals surface area contributed by atoms with E-state index in [9.17, 15) is 4.39 Å². The minimum atomic E-state index is -0.442. The van der Waals surface area contributed by atoms with Crippen LogP contribution in [0.5, 0.6) is 5.75 Å². The molecule has 1 rings (SSSR count). The van der Waals surface area contributed by atoms with Gasteiger partial charge in [-0.1, -0.05) is 31.9 Å². The lowest BCUT2D eigenvalue weighted by molar-refractivity contribution is 0.186. The number of benzene rings is 1. The van der Waals surface area contributed by atoms with Gasteiger partial charge in [-0.15, -0.1) is 0 Å². The Morgan fingerprint density at radius 3 is 2.76 bits per heavy atom. The van der Waals surface area contributed by atoms with Crippen molar-refractivity contribution < 1.29 is 9.13 Å². The normalized spacial score (nSPS) is 12.5. The van der Waals surface area contributed by atoms with Crippen molar-refractivity contribution in [1.29, 1.82) is 0 Å². The van der Waals surface area contributed by atoms with Crippen molar-refractivity contribution in [2.75, 3.05) is 13.1 Å². The predicted molar refractivity (Wildman–Crippen MR) is 69.3 cm³/mol. The fourth-order valence-corrected chi connectivity index (χ4v) is 1.69. The summed E-state index contributed by atoms with van der Waals surface area (Å²) in [4.78, 5) is 0. The molecule has 0 aromatic heterocycles. The van der Waals surface area contributed by atoms with Crippen molar-refractivity contribution in [2.24, 2.45) is 0 Å². The van der Waals surface area contributed by atoms with Gasteiger partial charge in [-0.2, -0.15) is 0 Å². The topological polar surface area (TPSA) is 21.3 Å². The van der Waals surface area contributed by atoms with Crippen molar-refractivity contribution in [3.63, 3.8) is 0 Å². The second-order valence-electron chi connectivity index (χ2n) is 3.91. The summed E-state index contributed by atoms with van der Waals surface area (Å²) in [7, 11) is 0. The number of likely N-dealkylation sites (N-methyl/N-ethyl adjacent to an activating group) is 1. The van der Waals surface area contributed by atoms with Crippen molar-refractivity contribution in [3.05, 3.63) is 29.0 Å². The van der Waals surface area contributed by atoms with Crippen LogP contribution in [0.2, 0.25) is 5.02 Å². The quantitative estimate of drug-likeness (QED) is 0.807. The summed E-state index contributed by atoms with van der Waals surface area (Å²) in [6.45, 7) is 5.82. The zero-order valence-electron chi connectivity index (χ0n) is 10.3. The molecule has 1 N–H and O–H groups in total. The molecule has 0 radical (unpaired) electrons. The van der Waals surface area contributed by atoms with Gasteiger partial charge in [0.25, 0.3) is 0 Å². The monoisotopic (exact) mass is 259 g/mol. The molecule has 0 spiro atoms. The Morgan fingerprint density at radius 2 is 2.18 bits per heavy atom. The molecule has 4 heteroatoms. The van der Waals surface area contributed by atoms with E-state index in [4.69, 9.17) is 16.3 Å². The van der Waals surface area contributed by atoms with Gasteiger partial charge < -0.3 is 10.1 Å². The lowest BCUT2D eigenvalue weighted by atomic mass is 10.2. The van der Waals surface area contributed by atoms with Crippen LogP contribution in [-0.4, -0.2) is 19.2 Å². The molecule has 0 aliphatic carbocycles. The molecule has 2 nitrogen and oxygen atoms in total. The average Bonchev–Trinajstić information content (AvgIpc) is 2.31. The Kier molecular flexibility index (Phi) is 6.30. The first-order valence-electron chi connectivity index (χ1n) is 5.99. The Hall–Kier alpha value is -0.800. The molecule has 0 bridgehead atoms. The van der Waals surface area contributed by atoms with Crippen LogP contribution in [0.1, 0.15) is 26.7 Å².